The highest BCUT2D eigenvalue weighted by atomic mass is 32.2. The first kappa shape index (κ1) is 17.2. The van der Waals surface area contributed by atoms with E-state index in [0.29, 0.717) is 5.75 Å². The molecular weight excluding hydrogens is 250 g/mol. The molecule has 0 aliphatic carbocycles. The maximum absolute atomic E-state index is 12.1. The summed E-state index contributed by atoms with van der Waals surface area (Å²) in [6.07, 6.45) is 1.47. The van der Waals surface area contributed by atoms with E-state index in [4.69, 9.17) is 4.74 Å². The number of ether oxygens (including phenoxy) is 1. The normalized spacial score (nSPS) is 15.5. The molecule has 0 aromatic carbocycles. The lowest BCUT2D eigenvalue weighted by Gasteiger charge is -2.29. The number of hydrogen-bond donors (Lipinski definition) is 0. The molecule has 18 heavy (non-hydrogen) atoms. The van der Waals surface area contributed by atoms with Crippen LogP contribution in [0.15, 0.2) is 4.99 Å². The summed E-state index contributed by atoms with van der Waals surface area (Å²) in [5.41, 5.74) is -1.77. The van der Waals surface area contributed by atoms with E-state index in [9.17, 15) is 9.59 Å². The van der Waals surface area contributed by atoms with Crippen molar-refractivity contribution < 1.29 is 14.3 Å². The van der Waals surface area contributed by atoms with Gasteiger partial charge in [-0.1, -0.05) is 20.8 Å². The third-order valence-corrected chi connectivity index (χ3v) is 3.49. The third-order valence-electron chi connectivity index (χ3n) is 1.92. The molecule has 1 unspecified atom stereocenters. The SMILES string of the molecule is CC(C)(C)OC(=O)C(C)(CSC(C)(C)C)N=C=O. The van der Waals surface area contributed by atoms with Crippen molar-refractivity contribution in [2.45, 2.75) is 64.4 Å². The number of carbonyl (C=O) groups excluding carboxylic acids is 2. The molecule has 0 aliphatic rings. The first-order valence-electron chi connectivity index (χ1n) is 5.86. The van der Waals surface area contributed by atoms with Crippen LogP contribution in [0.25, 0.3) is 0 Å². The Balaban J connectivity index is 4.92. The molecule has 0 fully saturated rings. The average molecular weight is 273 g/mol. The minimum absolute atomic E-state index is 0.0122. The second-order valence-corrected chi connectivity index (χ2v) is 8.18. The predicted octanol–water partition coefficient (Wildman–Crippen LogP) is 2.95. The van der Waals surface area contributed by atoms with E-state index in [1.807, 2.05) is 20.8 Å². The van der Waals surface area contributed by atoms with E-state index in [1.165, 1.54) is 6.08 Å². The van der Waals surface area contributed by atoms with Gasteiger partial charge in [0, 0.05) is 10.5 Å². The molecule has 0 rings (SSSR count). The van der Waals surface area contributed by atoms with Gasteiger partial charge in [0.1, 0.15) is 5.60 Å². The lowest BCUT2D eigenvalue weighted by molar-refractivity contribution is -0.159. The van der Waals surface area contributed by atoms with Gasteiger partial charge in [-0.05, 0) is 27.7 Å². The molecule has 0 radical (unpaired) electrons. The van der Waals surface area contributed by atoms with Crippen LogP contribution < -0.4 is 0 Å². The molecule has 0 aromatic heterocycles. The van der Waals surface area contributed by atoms with Crippen LogP contribution in [-0.2, 0) is 14.3 Å². The Labute approximate surface area is 114 Å². The van der Waals surface area contributed by atoms with Gasteiger partial charge in [-0.25, -0.2) is 9.59 Å². The monoisotopic (exact) mass is 273 g/mol. The molecule has 4 nitrogen and oxygen atoms in total. The van der Waals surface area contributed by atoms with Gasteiger partial charge in [-0.2, -0.15) is 16.8 Å². The lowest BCUT2D eigenvalue weighted by atomic mass is 10.1. The molecule has 0 saturated heterocycles. The van der Waals surface area contributed by atoms with Crippen LogP contribution in [0.5, 0.6) is 0 Å². The van der Waals surface area contributed by atoms with Crippen LogP contribution in [0.2, 0.25) is 0 Å². The minimum atomic E-state index is -1.17. The van der Waals surface area contributed by atoms with Crippen molar-refractivity contribution in [2.75, 3.05) is 5.75 Å². The quantitative estimate of drug-likeness (QED) is 0.449. The van der Waals surface area contributed by atoms with Crippen molar-refractivity contribution in [1.82, 2.24) is 0 Å². The van der Waals surface area contributed by atoms with Gasteiger partial charge in [-0.3, -0.25) is 0 Å². The highest BCUT2D eigenvalue weighted by Gasteiger charge is 2.38. The van der Waals surface area contributed by atoms with Crippen molar-refractivity contribution in [3.05, 3.63) is 0 Å². The van der Waals surface area contributed by atoms with Gasteiger partial charge >= 0.3 is 5.97 Å². The van der Waals surface area contributed by atoms with Crippen LogP contribution in [0.4, 0.5) is 0 Å². The van der Waals surface area contributed by atoms with Gasteiger partial charge in [0.25, 0.3) is 0 Å². The second kappa shape index (κ2) is 5.89. The Morgan fingerprint density at radius 3 is 2.00 bits per heavy atom. The molecule has 5 heteroatoms. The smallest absolute Gasteiger partial charge is 0.336 e. The largest absolute Gasteiger partial charge is 0.458 e. The summed E-state index contributed by atoms with van der Waals surface area (Å²) in [7, 11) is 0. The maximum atomic E-state index is 12.1. The van der Waals surface area contributed by atoms with E-state index >= 15 is 0 Å². The molecule has 104 valence electrons. The number of carbonyl (C=O) groups is 1. The molecule has 0 aromatic rings. The summed E-state index contributed by atoms with van der Waals surface area (Å²) >= 11 is 1.56. The summed E-state index contributed by atoms with van der Waals surface area (Å²) in [6.45, 7) is 13.1. The van der Waals surface area contributed by atoms with Gasteiger partial charge in [0.2, 0.25) is 6.08 Å². The van der Waals surface area contributed by atoms with Crippen LogP contribution in [0.1, 0.15) is 48.5 Å². The Kier molecular flexibility index (Phi) is 5.63. The fourth-order valence-corrected chi connectivity index (χ4v) is 1.88. The number of esters is 1. The second-order valence-electron chi connectivity index (χ2n) is 6.38. The first-order chi connectivity index (χ1) is 7.90. The highest BCUT2D eigenvalue weighted by Crippen LogP contribution is 2.30. The molecule has 0 spiro atoms. The van der Waals surface area contributed by atoms with Crippen LogP contribution >= 0.6 is 11.8 Å². The molecule has 0 saturated carbocycles. The summed E-state index contributed by atoms with van der Waals surface area (Å²) in [4.78, 5) is 26.2. The van der Waals surface area contributed by atoms with Crippen molar-refractivity contribution >= 4 is 23.8 Å². The first-order valence-corrected chi connectivity index (χ1v) is 6.85. The van der Waals surface area contributed by atoms with E-state index in [2.05, 4.69) is 4.99 Å². The van der Waals surface area contributed by atoms with Crippen molar-refractivity contribution in [3.8, 4) is 0 Å². The van der Waals surface area contributed by atoms with Crippen LogP contribution in [0, 0.1) is 0 Å². The fourth-order valence-electron chi connectivity index (χ4n) is 0.983. The zero-order valence-corrected chi connectivity index (χ0v) is 13.1. The molecule has 0 amide bonds. The average Bonchev–Trinajstić information content (AvgIpc) is 2.11. The topological polar surface area (TPSA) is 55.7 Å². The highest BCUT2D eigenvalue weighted by molar-refractivity contribution is 8.00. The number of hydrogen-bond acceptors (Lipinski definition) is 5. The molecule has 0 bridgehead atoms. The number of thioether (sulfide) groups is 1. The van der Waals surface area contributed by atoms with Crippen molar-refractivity contribution in [3.63, 3.8) is 0 Å². The zero-order chi connectivity index (χ0) is 14.6. The molecule has 0 N–H and O–H groups in total. The Morgan fingerprint density at radius 1 is 1.17 bits per heavy atom. The Hall–Kier alpha value is -0.800. The standard InChI is InChI=1S/C13H23NO3S/c1-11(2,3)17-10(16)13(7,14-9-15)8-18-12(4,5)6/h8H2,1-7H3. The van der Waals surface area contributed by atoms with Gasteiger partial charge in [-0.15, -0.1) is 0 Å². The van der Waals surface area contributed by atoms with E-state index in [0.717, 1.165) is 0 Å². The predicted molar refractivity (Wildman–Crippen MR) is 74.6 cm³/mol. The van der Waals surface area contributed by atoms with Crippen LogP contribution in [0.3, 0.4) is 0 Å². The summed E-state index contributed by atoms with van der Waals surface area (Å²) in [6, 6.07) is 0. The number of nitrogens with zero attached hydrogens (tertiary/aromatic N) is 1. The molecule has 0 aliphatic heterocycles. The number of isocyanates is 1. The lowest BCUT2D eigenvalue weighted by Crippen LogP contribution is -2.42. The minimum Gasteiger partial charge on any atom is -0.458 e. The van der Waals surface area contributed by atoms with Crippen LogP contribution in [-0.4, -0.2) is 33.7 Å². The van der Waals surface area contributed by atoms with Gasteiger partial charge in [0.05, 0.1) is 0 Å². The number of rotatable bonds is 4. The van der Waals surface area contributed by atoms with Gasteiger partial charge < -0.3 is 4.74 Å². The third kappa shape index (κ3) is 6.82. The Bertz CT molecular complexity index is 348. The fraction of sp³-hybridized carbons (Fsp3) is 0.846. The van der Waals surface area contributed by atoms with E-state index < -0.39 is 17.1 Å². The molecule has 1 atom stereocenters. The number of aliphatic imine (C=N–C) groups is 1. The molecular formula is C13H23NO3S. The van der Waals surface area contributed by atoms with E-state index in [1.54, 1.807) is 39.5 Å². The van der Waals surface area contributed by atoms with Crippen molar-refractivity contribution in [2.24, 2.45) is 4.99 Å². The van der Waals surface area contributed by atoms with Crippen molar-refractivity contribution in [1.29, 1.82) is 0 Å². The summed E-state index contributed by atoms with van der Waals surface area (Å²) in [5, 5.41) is 0. The van der Waals surface area contributed by atoms with E-state index in [-0.39, 0.29) is 4.75 Å². The molecule has 0 heterocycles. The summed E-state index contributed by atoms with van der Waals surface area (Å²) < 4.78 is 5.28. The van der Waals surface area contributed by atoms with Gasteiger partial charge in [0.15, 0.2) is 5.54 Å². The summed E-state index contributed by atoms with van der Waals surface area (Å²) in [5.74, 6) is -0.101. The zero-order valence-electron chi connectivity index (χ0n) is 12.3. The Morgan fingerprint density at radius 2 is 1.67 bits per heavy atom. The maximum Gasteiger partial charge on any atom is 0.336 e.